The number of nitrogens with zero attached hydrogens (tertiary/aromatic N) is 2. The number of aromatic hydroxyl groups is 1. The number of rotatable bonds is 8. The van der Waals surface area contributed by atoms with Crippen LogP contribution in [-0.4, -0.2) is 31.3 Å². The molecule has 0 unspecified atom stereocenters. The van der Waals surface area contributed by atoms with E-state index in [1.165, 1.54) is 25.3 Å². The number of nitro groups is 1. The van der Waals surface area contributed by atoms with Gasteiger partial charge >= 0.3 is 0 Å². The quantitative estimate of drug-likeness (QED) is 0.241. The molecule has 0 fully saturated rings. The highest BCUT2D eigenvalue weighted by Crippen LogP contribution is 2.30. The molecule has 3 aromatic carbocycles. The Morgan fingerprint density at radius 1 is 1.06 bits per heavy atom. The van der Waals surface area contributed by atoms with Crippen molar-refractivity contribution in [3.05, 3.63) is 81.4 Å². The highest BCUT2D eigenvalue weighted by molar-refractivity contribution is 7.92. The van der Waals surface area contributed by atoms with Gasteiger partial charge in [0.25, 0.3) is 15.7 Å². The summed E-state index contributed by atoms with van der Waals surface area (Å²) in [6.45, 7) is 5.26. The summed E-state index contributed by atoms with van der Waals surface area (Å²) < 4.78 is 33.2. The Bertz CT molecular complexity index is 1390. The monoisotopic (exact) mass is 484 g/mol. The van der Waals surface area contributed by atoms with E-state index >= 15 is 0 Å². The lowest BCUT2D eigenvalue weighted by atomic mass is 10.1. The molecule has 0 bridgehead atoms. The van der Waals surface area contributed by atoms with E-state index in [0.29, 0.717) is 22.7 Å². The molecule has 0 spiro atoms. The van der Waals surface area contributed by atoms with Gasteiger partial charge in [0, 0.05) is 17.7 Å². The summed E-state index contributed by atoms with van der Waals surface area (Å²) in [6.07, 6.45) is 0. The van der Waals surface area contributed by atoms with Gasteiger partial charge in [0.1, 0.15) is 17.2 Å². The topological polar surface area (TPSA) is 143 Å². The predicted molar refractivity (Wildman–Crippen MR) is 130 cm³/mol. The van der Waals surface area contributed by atoms with Crippen LogP contribution < -0.4 is 14.9 Å². The zero-order chi connectivity index (χ0) is 25.0. The average Bonchev–Trinajstić information content (AvgIpc) is 2.79. The molecule has 3 rings (SSSR count). The number of sulfonamides is 1. The molecule has 0 amide bonds. The van der Waals surface area contributed by atoms with Crippen molar-refractivity contribution >= 4 is 32.8 Å². The number of hydrogen-bond donors (Lipinski definition) is 3. The zero-order valence-corrected chi connectivity index (χ0v) is 19.8. The van der Waals surface area contributed by atoms with Crippen molar-refractivity contribution in [3.63, 3.8) is 0 Å². The number of phenolic OH excluding ortho intramolecular Hbond substituents is 1. The fourth-order valence-corrected chi connectivity index (χ4v) is 4.36. The number of hydrazone groups is 1. The number of hydrogen-bond acceptors (Lipinski definition) is 8. The number of benzene rings is 3. The maximum Gasteiger partial charge on any atom is 0.295 e. The van der Waals surface area contributed by atoms with Crippen LogP contribution in [0.2, 0.25) is 0 Å². The number of ether oxygens (including phenoxy) is 1. The van der Waals surface area contributed by atoms with E-state index < -0.39 is 20.6 Å². The summed E-state index contributed by atoms with van der Waals surface area (Å²) in [6, 6.07) is 13.4. The van der Waals surface area contributed by atoms with Crippen LogP contribution in [0.25, 0.3) is 0 Å². The summed E-state index contributed by atoms with van der Waals surface area (Å²) >= 11 is 0. The molecule has 0 aliphatic heterocycles. The van der Waals surface area contributed by atoms with E-state index in [1.807, 2.05) is 13.0 Å². The van der Waals surface area contributed by atoms with Gasteiger partial charge in [0.05, 0.1) is 28.3 Å². The molecular weight excluding hydrogens is 460 g/mol. The van der Waals surface area contributed by atoms with Crippen LogP contribution in [0.4, 0.5) is 17.1 Å². The van der Waals surface area contributed by atoms with E-state index in [2.05, 4.69) is 15.2 Å². The van der Waals surface area contributed by atoms with Crippen LogP contribution in [0.5, 0.6) is 11.5 Å². The van der Waals surface area contributed by atoms with Crippen molar-refractivity contribution in [2.75, 3.05) is 17.3 Å². The Labute approximate surface area is 197 Å². The van der Waals surface area contributed by atoms with Crippen LogP contribution in [0.3, 0.4) is 0 Å². The SMILES string of the molecule is COc1ccc(/C(C)=N/Nc2ccc(S(=O)(=O)Nc3ccc(C)cc3C)cc2[N+](=O)[O-])c(O)c1. The van der Waals surface area contributed by atoms with Gasteiger partial charge in [-0.2, -0.15) is 5.10 Å². The smallest absolute Gasteiger partial charge is 0.295 e. The summed E-state index contributed by atoms with van der Waals surface area (Å²) in [5.74, 6) is 0.389. The second-order valence-electron chi connectivity index (χ2n) is 7.55. The number of anilines is 2. The number of aryl methyl sites for hydroxylation is 2. The van der Waals surface area contributed by atoms with Crippen molar-refractivity contribution in [3.8, 4) is 11.5 Å². The van der Waals surface area contributed by atoms with Crippen molar-refractivity contribution < 1.29 is 23.2 Å². The van der Waals surface area contributed by atoms with E-state index in [-0.39, 0.29) is 16.3 Å². The van der Waals surface area contributed by atoms with E-state index in [1.54, 1.807) is 38.1 Å². The van der Waals surface area contributed by atoms with Crippen molar-refractivity contribution in [1.82, 2.24) is 0 Å². The molecule has 3 aromatic rings. The number of nitro benzene ring substituents is 1. The zero-order valence-electron chi connectivity index (χ0n) is 19.0. The molecule has 11 heteroatoms. The van der Waals surface area contributed by atoms with Crippen LogP contribution in [0.15, 0.2) is 64.6 Å². The molecule has 3 N–H and O–H groups in total. The average molecular weight is 485 g/mol. The van der Waals surface area contributed by atoms with Crippen LogP contribution in [-0.2, 0) is 10.0 Å². The minimum absolute atomic E-state index is 0.0113. The van der Waals surface area contributed by atoms with Gasteiger partial charge in [-0.15, -0.1) is 0 Å². The molecule has 34 heavy (non-hydrogen) atoms. The number of methoxy groups -OCH3 is 1. The highest BCUT2D eigenvalue weighted by atomic mass is 32.2. The first kappa shape index (κ1) is 24.5. The predicted octanol–water partition coefficient (Wildman–Crippen LogP) is 4.56. The highest BCUT2D eigenvalue weighted by Gasteiger charge is 2.22. The minimum atomic E-state index is -4.07. The summed E-state index contributed by atoms with van der Waals surface area (Å²) in [5, 5.41) is 25.9. The van der Waals surface area contributed by atoms with Crippen molar-refractivity contribution in [2.45, 2.75) is 25.7 Å². The molecule has 0 heterocycles. The Morgan fingerprint density at radius 2 is 1.76 bits per heavy atom. The summed E-state index contributed by atoms with van der Waals surface area (Å²) in [7, 11) is -2.60. The van der Waals surface area contributed by atoms with Crippen LogP contribution in [0.1, 0.15) is 23.6 Å². The molecule has 10 nitrogen and oxygen atoms in total. The van der Waals surface area contributed by atoms with Crippen molar-refractivity contribution in [2.24, 2.45) is 5.10 Å². The lowest BCUT2D eigenvalue weighted by Gasteiger charge is -2.12. The fraction of sp³-hybridized carbons (Fsp3) is 0.174. The van der Waals surface area contributed by atoms with Gasteiger partial charge in [-0.1, -0.05) is 17.7 Å². The third-order valence-corrected chi connectivity index (χ3v) is 6.40. The lowest BCUT2D eigenvalue weighted by molar-refractivity contribution is -0.384. The third kappa shape index (κ3) is 5.44. The van der Waals surface area contributed by atoms with Gasteiger partial charge in [0.15, 0.2) is 0 Å². The molecule has 0 aliphatic rings. The molecule has 0 atom stereocenters. The maximum atomic E-state index is 12.8. The van der Waals surface area contributed by atoms with E-state index in [9.17, 15) is 23.6 Å². The second kappa shape index (κ2) is 9.79. The van der Waals surface area contributed by atoms with Crippen molar-refractivity contribution in [1.29, 1.82) is 0 Å². The van der Waals surface area contributed by atoms with Gasteiger partial charge in [-0.05, 0) is 56.7 Å². The number of nitrogens with one attached hydrogen (secondary N) is 2. The first-order valence-corrected chi connectivity index (χ1v) is 11.6. The first-order valence-electron chi connectivity index (χ1n) is 10.1. The Kier molecular flexibility index (Phi) is 7.06. The van der Waals surface area contributed by atoms with Gasteiger partial charge < -0.3 is 9.84 Å². The molecular formula is C23H24N4O6S. The standard InChI is InChI=1S/C23H24N4O6S/c1-14-5-9-20(15(2)11-14)26-34(31,32)18-7-10-21(22(13-18)27(29)30)25-24-16(3)19-8-6-17(33-4)12-23(19)28/h5-13,25-26,28H,1-4H3/b24-16+. The molecule has 0 saturated heterocycles. The molecule has 0 saturated carbocycles. The second-order valence-corrected chi connectivity index (χ2v) is 9.23. The molecule has 0 radical (unpaired) electrons. The lowest BCUT2D eigenvalue weighted by Crippen LogP contribution is -2.14. The molecule has 178 valence electrons. The normalized spacial score (nSPS) is 11.7. The summed E-state index contributed by atoms with van der Waals surface area (Å²) in [5.41, 5.74) is 4.93. The summed E-state index contributed by atoms with van der Waals surface area (Å²) in [4.78, 5) is 10.7. The molecule has 0 aromatic heterocycles. The Balaban J connectivity index is 1.89. The van der Waals surface area contributed by atoms with Gasteiger partial charge in [-0.25, -0.2) is 8.42 Å². The van der Waals surface area contributed by atoms with Crippen LogP contribution in [0, 0.1) is 24.0 Å². The Morgan fingerprint density at radius 3 is 2.38 bits per heavy atom. The van der Waals surface area contributed by atoms with E-state index in [4.69, 9.17) is 4.74 Å². The fourth-order valence-electron chi connectivity index (χ4n) is 3.20. The first-order chi connectivity index (χ1) is 16.0. The minimum Gasteiger partial charge on any atom is -0.507 e. The Hall–Kier alpha value is -4.12. The largest absolute Gasteiger partial charge is 0.507 e. The third-order valence-electron chi connectivity index (χ3n) is 5.04. The van der Waals surface area contributed by atoms with Gasteiger partial charge in [0.2, 0.25) is 0 Å². The van der Waals surface area contributed by atoms with Gasteiger partial charge in [-0.3, -0.25) is 20.3 Å². The van der Waals surface area contributed by atoms with E-state index in [0.717, 1.165) is 17.2 Å². The molecule has 0 aliphatic carbocycles. The maximum absolute atomic E-state index is 12.8. The van der Waals surface area contributed by atoms with Crippen LogP contribution >= 0.6 is 0 Å². The number of phenols is 1.